The lowest BCUT2D eigenvalue weighted by Gasteiger charge is -2.23. The van der Waals surface area contributed by atoms with Crippen LogP contribution in [0.3, 0.4) is 0 Å². The Morgan fingerprint density at radius 2 is 1.88 bits per heavy atom. The summed E-state index contributed by atoms with van der Waals surface area (Å²) in [4.78, 5) is 32.9. The Labute approximate surface area is 154 Å². The average molecular weight is 357 g/mol. The van der Waals surface area contributed by atoms with Gasteiger partial charge in [-0.15, -0.1) is 0 Å². The summed E-state index contributed by atoms with van der Waals surface area (Å²) < 4.78 is 1.96. The summed E-state index contributed by atoms with van der Waals surface area (Å²) in [5.74, 6) is 0.103. The van der Waals surface area contributed by atoms with Crippen LogP contribution < -0.4 is 5.32 Å². The van der Waals surface area contributed by atoms with E-state index < -0.39 is 0 Å². The number of carbonyl (C=O) groups excluding carboxylic acids is 2. The maximum absolute atomic E-state index is 12.7. The molecule has 0 bridgehead atoms. The van der Waals surface area contributed by atoms with Crippen molar-refractivity contribution in [3.63, 3.8) is 0 Å². The van der Waals surface area contributed by atoms with Gasteiger partial charge in [0.15, 0.2) is 0 Å². The molecule has 7 heteroatoms. The van der Waals surface area contributed by atoms with E-state index in [-0.39, 0.29) is 18.0 Å². The Bertz CT molecular complexity index is 798. The zero-order valence-corrected chi connectivity index (χ0v) is 15.7. The molecular formula is C19H27N5O2. The molecule has 0 atom stereocenters. The van der Waals surface area contributed by atoms with Gasteiger partial charge in [-0.2, -0.15) is 0 Å². The normalized spacial score (nSPS) is 15.4. The van der Waals surface area contributed by atoms with Crippen LogP contribution in [0, 0.1) is 0 Å². The fraction of sp³-hybridized carbons (Fsp3) is 0.526. The van der Waals surface area contributed by atoms with Crippen LogP contribution in [0.2, 0.25) is 0 Å². The summed E-state index contributed by atoms with van der Waals surface area (Å²) in [6.45, 7) is 6.42. The predicted molar refractivity (Wildman–Crippen MR) is 101 cm³/mol. The monoisotopic (exact) mass is 357 g/mol. The third-order valence-electron chi connectivity index (χ3n) is 4.69. The van der Waals surface area contributed by atoms with Crippen LogP contribution in [-0.2, 0) is 18.3 Å². The lowest BCUT2D eigenvalue weighted by molar-refractivity contribution is -0.130. The fourth-order valence-corrected chi connectivity index (χ4v) is 3.29. The molecule has 140 valence electrons. The minimum atomic E-state index is -0.0464. The number of imidazole rings is 1. The Morgan fingerprint density at radius 1 is 1.15 bits per heavy atom. The van der Waals surface area contributed by atoms with Crippen molar-refractivity contribution in [3.8, 4) is 0 Å². The van der Waals surface area contributed by atoms with E-state index in [0.29, 0.717) is 32.6 Å². The molecule has 7 nitrogen and oxygen atoms in total. The molecule has 3 rings (SSSR count). The highest BCUT2D eigenvalue weighted by Gasteiger charge is 2.22. The van der Waals surface area contributed by atoms with Crippen LogP contribution in [0.1, 0.15) is 25.8 Å². The maximum atomic E-state index is 12.7. The summed E-state index contributed by atoms with van der Waals surface area (Å²) in [7, 11) is 1.96. The van der Waals surface area contributed by atoms with Gasteiger partial charge in [-0.25, -0.2) is 9.78 Å². The van der Waals surface area contributed by atoms with Gasteiger partial charge in [0.2, 0.25) is 5.91 Å². The first kappa shape index (κ1) is 18.2. The highest BCUT2D eigenvalue weighted by molar-refractivity contribution is 5.82. The second-order valence-corrected chi connectivity index (χ2v) is 7.18. The van der Waals surface area contributed by atoms with Crippen molar-refractivity contribution in [1.29, 1.82) is 0 Å². The molecule has 0 aliphatic carbocycles. The molecule has 2 aromatic rings. The number of nitrogens with one attached hydrogen (secondary N) is 1. The van der Waals surface area contributed by atoms with E-state index in [1.807, 2.05) is 48.6 Å². The van der Waals surface area contributed by atoms with Crippen molar-refractivity contribution in [3.05, 3.63) is 30.1 Å². The minimum Gasteiger partial charge on any atom is -0.341 e. The molecule has 1 N–H and O–H groups in total. The van der Waals surface area contributed by atoms with Gasteiger partial charge in [0.05, 0.1) is 23.8 Å². The Kier molecular flexibility index (Phi) is 5.44. The van der Waals surface area contributed by atoms with E-state index in [4.69, 9.17) is 0 Å². The van der Waals surface area contributed by atoms with Crippen molar-refractivity contribution >= 4 is 23.0 Å². The van der Waals surface area contributed by atoms with E-state index in [1.165, 1.54) is 0 Å². The molecule has 1 fully saturated rings. The summed E-state index contributed by atoms with van der Waals surface area (Å²) in [6, 6.07) is 6.04. The van der Waals surface area contributed by atoms with Gasteiger partial charge in [-0.1, -0.05) is 6.07 Å². The standard InChI is InChI=1S/C19H27N5O2/c1-14(2)21-19(26)24-8-4-7-23(9-10-24)18(25)12-15-5-6-17-16(11-15)20-13-22(17)3/h5-6,11,13-14H,4,7-10,12H2,1-3H3,(H,21,26). The summed E-state index contributed by atoms with van der Waals surface area (Å²) in [5.41, 5.74) is 2.94. The molecule has 0 unspecified atom stereocenters. The number of hydrogen-bond donors (Lipinski definition) is 1. The number of fused-ring (bicyclic) bond motifs is 1. The number of carbonyl (C=O) groups is 2. The molecule has 26 heavy (non-hydrogen) atoms. The van der Waals surface area contributed by atoms with Crippen LogP contribution in [-0.4, -0.2) is 63.5 Å². The first-order chi connectivity index (χ1) is 12.4. The maximum Gasteiger partial charge on any atom is 0.317 e. The van der Waals surface area contributed by atoms with Gasteiger partial charge >= 0.3 is 6.03 Å². The molecule has 1 aliphatic rings. The van der Waals surface area contributed by atoms with Crippen LogP contribution in [0.25, 0.3) is 11.0 Å². The zero-order chi connectivity index (χ0) is 18.7. The molecule has 0 saturated carbocycles. The molecule has 3 amide bonds. The van der Waals surface area contributed by atoms with E-state index >= 15 is 0 Å². The van der Waals surface area contributed by atoms with Gasteiger partial charge in [-0.05, 0) is 38.0 Å². The van der Waals surface area contributed by atoms with Crippen LogP contribution in [0.4, 0.5) is 4.79 Å². The average Bonchev–Trinajstić information content (AvgIpc) is 2.81. The lowest BCUT2D eigenvalue weighted by atomic mass is 10.1. The van der Waals surface area contributed by atoms with Gasteiger partial charge in [0.25, 0.3) is 0 Å². The summed E-state index contributed by atoms with van der Waals surface area (Å²) in [6.07, 6.45) is 2.95. The van der Waals surface area contributed by atoms with Crippen LogP contribution >= 0.6 is 0 Å². The van der Waals surface area contributed by atoms with Crippen molar-refractivity contribution in [2.45, 2.75) is 32.7 Å². The van der Waals surface area contributed by atoms with Crippen LogP contribution in [0.15, 0.2) is 24.5 Å². The topological polar surface area (TPSA) is 70.5 Å². The molecule has 0 radical (unpaired) electrons. The highest BCUT2D eigenvalue weighted by atomic mass is 16.2. The van der Waals surface area contributed by atoms with Crippen molar-refractivity contribution < 1.29 is 9.59 Å². The predicted octanol–water partition coefficient (Wildman–Crippen LogP) is 1.77. The second-order valence-electron chi connectivity index (χ2n) is 7.18. The van der Waals surface area contributed by atoms with Crippen LogP contribution in [0.5, 0.6) is 0 Å². The van der Waals surface area contributed by atoms with E-state index in [9.17, 15) is 9.59 Å². The molecular weight excluding hydrogens is 330 g/mol. The van der Waals surface area contributed by atoms with Crippen molar-refractivity contribution in [1.82, 2.24) is 24.7 Å². The first-order valence-corrected chi connectivity index (χ1v) is 9.17. The molecule has 1 saturated heterocycles. The molecule has 1 aromatic carbocycles. The number of nitrogens with zero attached hydrogens (tertiary/aromatic N) is 4. The number of amides is 3. The molecule has 0 spiro atoms. The van der Waals surface area contributed by atoms with E-state index in [2.05, 4.69) is 10.3 Å². The number of benzene rings is 1. The van der Waals surface area contributed by atoms with Gasteiger partial charge in [0.1, 0.15) is 0 Å². The molecule has 2 heterocycles. The lowest BCUT2D eigenvalue weighted by Crippen LogP contribution is -2.45. The number of rotatable bonds is 3. The third kappa shape index (κ3) is 4.15. The SMILES string of the molecule is CC(C)NC(=O)N1CCCN(C(=O)Cc2ccc3c(c2)ncn3C)CC1. The number of urea groups is 1. The first-order valence-electron chi connectivity index (χ1n) is 9.17. The minimum absolute atomic E-state index is 0.0464. The second kappa shape index (κ2) is 7.76. The number of aromatic nitrogens is 2. The summed E-state index contributed by atoms with van der Waals surface area (Å²) in [5, 5.41) is 2.92. The van der Waals surface area contributed by atoms with Gasteiger partial charge < -0.3 is 19.7 Å². The smallest absolute Gasteiger partial charge is 0.317 e. The van der Waals surface area contributed by atoms with E-state index in [0.717, 1.165) is 23.0 Å². The largest absolute Gasteiger partial charge is 0.341 e. The Morgan fingerprint density at radius 3 is 2.65 bits per heavy atom. The molecule has 1 aromatic heterocycles. The van der Waals surface area contributed by atoms with Crippen molar-refractivity contribution in [2.24, 2.45) is 7.05 Å². The third-order valence-corrected chi connectivity index (χ3v) is 4.69. The van der Waals surface area contributed by atoms with Gasteiger partial charge in [-0.3, -0.25) is 4.79 Å². The molecule has 1 aliphatic heterocycles. The zero-order valence-electron chi connectivity index (χ0n) is 15.7. The number of aryl methyl sites for hydroxylation is 1. The highest BCUT2D eigenvalue weighted by Crippen LogP contribution is 2.15. The fourth-order valence-electron chi connectivity index (χ4n) is 3.29. The number of hydrogen-bond acceptors (Lipinski definition) is 3. The Hall–Kier alpha value is -2.57. The summed E-state index contributed by atoms with van der Waals surface area (Å²) >= 11 is 0. The van der Waals surface area contributed by atoms with Crippen molar-refractivity contribution in [2.75, 3.05) is 26.2 Å². The quantitative estimate of drug-likeness (QED) is 0.910. The Balaban J connectivity index is 1.59. The van der Waals surface area contributed by atoms with E-state index in [1.54, 1.807) is 11.2 Å². The van der Waals surface area contributed by atoms with Gasteiger partial charge in [0, 0.05) is 39.3 Å².